The highest BCUT2D eigenvalue weighted by Crippen LogP contribution is 2.47. The number of aryl methyl sites for hydroxylation is 4. The minimum atomic E-state index is -4.88. The Labute approximate surface area is 294 Å². The van der Waals surface area contributed by atoms with E-state index in [1.165, 1.54) is 12.1 Å². The van der Waals surface area contributed by atoms with Gasteiger partial charge in [0.2, 0.25) is 0 Å². The maximum absolute atomic E-state index is 15.6. The lowest BCUT2D eigenvalue weighted by Gasteiger charge is -2.23. The Bertz CT molecular complexity index is 2710. The lowest BCUT2D eigenvalue weighted by atomic mass is 9.96. The van der Waals surface area contributed by atoms with Crippen LogP contribution in [0.3, 0.4) is 0 Å². The third kappa shape index (κ3) is 4.96. The molecule has 258 valence electrons. The molecule has 0 aliphatic rings. The van der Waals surface area contributed by atoms with Crippen molar-refractivity contribution in [3.8, 4) is 22.5 Å². The van der Waals surface area contributed by atoms with Gasteiger partial charge >= 0.3 is 12.4 Å². The van der Waals surface area contributed by atoms with Crippen molar-refractivity contribution in [1.82, 2.24) is 9.13 Å². The molecule has 6 aromatic carbocycles. The second kappa shape index (κ2) is 11.5. The van der Waals surface area contributed by atoms with Crippen LogP contribution in [0, 0.1) is 34.3 Å². The van der Waals surface area contributed by atoms with E-state index in [0.717, 1.165) is 62.0 Å². The zero-order chi connectivity index (χ0) is 36.9. The molecule has 0 atom stereocenters. The number of hydrogen-bond acceptors (Lipinski definition) is 0. The van der Waals surface area contributed by atoms with Gasteiger partial charge in [0.25, 0.3) is 0 Å². The summed E-state index contributed by atoms with van der Waals surface area (Å²) in [5.74, 6) is 0. The highest BCUT2D eigenvalue weighted by Gasteiger charge is 2.37. The molecule has 0 fully saturated rings. The summed E-state index contributed by atoms with van der Waals surface area (Å²) in [4.78, 5) is 3.33. The van der Waals surface area contributed by atoms with Gasteiger partial charge in [0, 0.05) is 32.7 Å². The summed E-state index contributed by atoms with van der Waals surface area (Å²) in [5, 5.41) is 3.24. The molecule has 0 saturated heterocycles. The van der Waals surface area contributed by atoms with Crippen LogP contribution in [0.15, 0.2) is 103 Å². The lowest BCUT2D eigenvalue weighted by Crippen LogP contribution is -2.13. The number of fused-ring (bicyclic) bond motifs is 6. The van der Waals surface area contributed by atoms with Crippen molar-refractivity contribution in [3.05, 3.63) is 148 Å². The SMILES string of the molecule is [C-]#[N+]c1cc(-c2cc(-n3c4cccc(C)c4c4c(C)cccc43)c(C(F)(F)F)cc2-n2c3cccc(C)c3c3c(C)cccc32)cc(C(F)(F)F)c1. The number of nitrogens with zero attached hydrogens (tertiary/aromatic N) is 3. The van der Waals surface area contributed by atoms with Crippen molar-refractivity contribution in [2.45, 2.75) is 40.0 Å². The molecule has 0 spiro atoms. The van der Waals surface area contributed by atoms with Gasteiger partial charge in [0.05, 0.1) is 45.6 Å². The summed E-state index contributed by atoms with van der Waals surface area (Å²) >= 11 is 0. The molecule has 0 unspecified atom stereocenters. The molecule has 2 heterocycles. The monoisotopic (exact) mass is 701 g/mol. The molecule has 8 rings (SSSR count). The molecule has 0 amide bonds. The minimum absolute atomic E-state index is 0.0331. The van der Waals surface area contributed by atoms with Gasteiger partial charge < -0.3 is 9.13 Å². The number of halogens is 6. The van der Waals surface area contributed by atoms with Gasteiger partial charge in [-0.15, -0.1) is 0 Å². The van der Waals surface area contributed by atoms with Gasteiger partial charge in [-0.05, 0) is 110 Å². The summed E-state index contributed by atoms with van der Waals surface area (Å²) < 4.78 is 93.3. The first kappa shape index (κ1) is 33.2. The van der Waals surface area contributed by atoms with Crippen LogP contribution < -0.4 is 0 Å². The Kier molecular flexibility index (Phi) is 7.33. The summed E-state index contributed by atoms with van der Waals surface area (Å²) in [5.41, 5.74) is 3.37. The number of rotatable bonds is 3. The van der Waals surface area contributed by atoms with Crippen LogP contribution in [0.4, 0.5) is 32.0 Å². The smallest absolute Gasteiger partial charge is 0.309 e. The van der Waals surface area contributed by atoms with E-state index in [1.807, 2.05) is 76.2 Å². The van der Waals surface area contributed by atoms with Crippen LogP contribution in [-0.4, -0.2) is 9.13 Å². The van der Waals surface area contributed by atoms with E-state index in [9.17, 15) is 13.2 Å². The normalized spacial score (nSPS) is 12.4. The first-order valence-electron chi connectivity index (χ1n) is 16.5. The Morgan fingerprint density at radius 1 is 0.500 bits per heavy atom. The zero-order valence-corrected chi connectivity index (χ0v) is 28.4. The van der Waals surface area contributed by atoms with Crippen molar-refractivity contribution in [3.63, 3.8) is 0 Å². The van der Waals surface area contributed by atoms with Crippen LogP contribution in [0.2, 0.25) is 0 Å². The van der Waals surface area contributed by atoms with Gasteiger partial charge in [0.15, 0.2) is 5.69 Å². The number of aromatic nitrogens is 2. The van der Waals surface area contributed by atoms with E-state index in [0.29, 0.717) is 22.1 Å². The Morgan fingerprint density at radius 3 is 1.31 bits per heavy atom. The summed E-state index contributed by atoms with van der Waals surface area (Å²) in [6, 6.07) is 27.3. The third-order valence-corrected chi connectivity index (χ3v) is 10.1. The van der Waals surface area contributed by atoms with Gasteiger partial charge in [0.1, 0.15) is 0 Å². The molecular weight excluding hydrogens is 672 g/mol. The topological polar surface area (TPSA) is 14.2 Å². The van der Waals surface area contributed by atoms with E-state index < -0.39 is 23.5 Å². The Morgan fingerprint density at radius 2 is 0.923 bits per heavy atom. The number of benzene rings is 6. The standard InChI is InChI=1S/C43H29F6N3/c1-23-10-6-14-32-38(23)39-24(2)11-7-15-33(39)51(32)36-22-31(43(47,48)49)37(21-30(36)27-18-28(42(44,45)46)20-29(19-27)50-5)52-34-16-8-12-25(3)40(34)41-26(4)13-9-17-35(41)52/h6-22H,1-4H3. The molecule has 3 nitrogen and oxygen atoms in total. The summed E-state index contributed by atoms with van der Waals surface area (Å²) in [6.07, 6.45) is -9.69. The van der Waals surface area contributed by atoms with Gasteiger partial charge in [-0.1, -0.05) is 48.5 Å². The molecular formula is C43H29F6N3. The molecule has 52 heavy (non-hydrogen) atoms. The molecule has 0 aliphatic carbocycles. The fourth-order valence-corrected chi connectivity index (χ4v) is 7.83. The fourth-order valence-electron chi connectivity index (χ4n) is 7.83. The third-order valence-electron chi connectivity index (χ3n) is 10.1. The van der Waals surface area contributed by atoms with Crippen LogP contribution in [0.5, 0.6) is 0 Å². The first-order chi connectivity index (χ1) is 24.7. The predicted molar refractivity (Wildman–Crippen MR) is 196 cm³/mol. The van der Waals surface area contributed by atoms with Crippen LogP contribution in [0.1, 0.15) is 33.4 Å². The van der Waals surface area contributed by atoms with Crippen molar-refractivity contribution >= 4 is 49.3 Å². The number of hydrogen-bond donors (Lipinski definition) is 0. The largest absolute Gasteiger partial charge is 0.418 e. The predicted octanol–water partition coefficient (Wildman–Crippen LogP) is 13.4. The molecule has 0 saturated carbocycles. The molecule has 8 aromatic rings. The second-order valence-electron chi connectivity index (χ2n) is 13.3. The van der Waals surface area contributed by atoms with Crippen molar-refractivity contribution in [2.75, 3.05) is 0 Å². The van der Waals surface area contributed by atoms with E-state index in [1.54, 1.807) is 33.4 Å². The highest BCUT2D eigenvalue weighted by atomic mass is 19.4. The second-order valence-corrected chi connectivity index (χ2v) is 13.3. The molecule has 0 radical (unpaired) electrons. The van der Waals surface area contributed by atoms with Crippen LogP contribution in [-0.2, 0) is 12.4 Å². The Balaban J connectivity index is 1.62. The minimum Gasteiger partial charge on any atom is -0.309 e. The van der Waals surface area contributed by atoms with Crippen molar-refractivity contribution < 1.29 is 26.3 Å². The molecule has 0 aliphatic heterocycles. The average molecular weight is 702 g/mol. The van der Waals surface area contributed by atoms with E-state index in [2.05, 4.69) is 4.85 Å². The summed E-state index contributed by atoms with van der Waals surface area (Å²) in [6.45, 7) is 15.3. The molecule has 0 bridgehead atoms. The van der Waals surface area contributed by atoms with E-state index in [4.69, 9.17) is 6.57 Å². The Hall–Kier alpha value is -6.01. The average Bonchev–Trinajstić information content (AvgIpc) is 3.62. The first-order valence-corrected chi connectivity index (χ1v) is 16.5. The van der Waals surface area contributed by atoms with Gasteiger partial charge in [-0.2, -0.15) is 26.3 Å². The molecule has 9 heteroatoms. The zero-order valence-electron chi connectivity index (χ0n) is 28.4. The maximum Gasteiger partial charge on any atom is 0.418 e. The fraction of sp³-hybridized carbons (Fsp3) is 0.140. The van der Waals surface area contributed by atoms with E-state index >= 15 is 13.2 Å². The van der Waals surface area contributed by atoms with Crippen LogP contribution >= 0.6 is 0 Å². The molecule has 2 aromatic heterocycles. The van der Waals surface area contributed by atoms with Crippen molar-refractivity contribution in [1.29, 1.82) is 0 Å². The van der Waals surface area contributed by atoms with Crippen LogP contribution in [0.25, 0.3) is 71.0 Å². The van der Waals surface area contributed by atoms with Gasteiger partial charge in [-0.25, -0.2) is 4.85 Å². The molecule has 0 N–H and O–H groups in total. The van der Waals surface area contributed by atoms with Crippen molar-refractivity contribution in [2.24, 2.45) is 0 Å². The quantitative estimate of drug-likeness (QED) is 0.129. The van der Waals surface area contributed by atoms with E-state index in [-0.39, 0.29) is 28.2 Å². The summed E-state index contributed by atoms with van der Waals surface area (Å²) in [7, 11) is 0. The van der Waals surface area contributed by atoms with Gasteiger partial charge in [-0.3, -0.25) is 0 Å². The maximum atomic E-state index is 15.6. The number of alkyl halides is 6. The highest BCUT2D eigenvalue weighted by molar-refractivity contribution is 6.14. The lowest BCUT2D eigenvalue weighted by molar-refractivity contribution is -0.138.